The highest BCUT2D eigenvalue weighted by Gasteiger charge is 2.25. The molecule has 1 heterocycles. The molecule has 0 fully saturated rings. The molecule has 1 aliphatic carbocycles. The van der Waals surface area contributed by atoms with E-state index in [-0.39, 0.29) is 0 Å². The summed E-state index contributed by atoms with van der Waals surface area (Å²) in [6, 6.07) is 8.83. The van der Waals surface area contributed by atoms with Crippen LogP contribution in [0.25, 0.3) is 0 Å². The molecule has 0 amide bonds. The van der Waals surface area contributed by atoms with Crippen LogP contribution in [0.2, 0.25) is 0 Å². The molecule has 0 saturated carbocycles. The molecule has 0 N–H and O–H groups in total. The van der Waals surface area contributed by atoms with Crippen LogP contribution in [0.4, 0.5) is 0 Å². The summed E-state index contributed by atoms with van der Waals surface area (Å²) in [6.07, 6.45) is 4.75. The number of aromatic nitrogens is 1. The van der Waals surface area contributed by atoms with Gasteiger partial charge in [-0.1, -0.05) is 37.6 Å². The van der Waals surface area contributed by atoms with Crippen molar-refractivity contribution in [2.75, 3.05) is 0 Å². The lowest BCUT2D eigenvalue weighted by Crippen LogP contribution is -1.96. The van der Waals surface area contributed by atoms with Crippen molar-refractivity contribution in [2.45, 2.75) is 38.5 Å². The van der Waals surface area contributed by atoms with Crippen molar-refractivity contribution in [1.29, 1.82) is 0 Å². The van der Waals surface area contributed by atoms with Gasteiger partial charge in [0.25, 0.3) is 0 Å². The first-order valence-corrected chi connectivity index (χ1v) is 7.28. The van der Waals surface area contributed by atoms with Gasteiger partial charge in [-0.2, -0.15) is 0 Å². The number of thiazole rings is 1. The number of aryl methyl sites for hydroxylation is 2. The monoisotopic (exact) mass is 243 g/mol. The predicted molar refractivity (Wildman–Crippen MR) is 72.7 cm³/mol. The van der Waals surface area contributed by atoms with Crippen LogP contribution in [0.3, 0.4) is 0 Å². The van der Waals surface area contributed by atoms with Crippen LogP contribution in [-0.2, 0) is 12.8 Å². The molecular weight excluding hydrogens is 226 g/mol. The molecule has 3 rings (SSSR count). The first kappa shape index (κ1) is 11.0. The Balaban J connectivity index is 1.90. The normalized spacial score (nSPS) is 18.3. The van der Waals surface area contributed by atoms with E-state index >= 15 is 0 Å². The van der Waals surface area contributed by atoms with Gasteiger partial charge in [-0.15, -0.1) is 11.3 Å². The smallest absolute Gasteiger partial charge is 0.100 e. The lowest BCUT2D eigenvalue weighted by Gasteiger charge is -2.07. The van der Waals surface area contributed by atoms with Gasteiger partial charge < -0.3 is 0 Å². The maximum absolute atomic E-state index is 4.80. The van der Waals surface area contributed by atoms with Gasteiger partial charge in [0.2, 0.25) is 0 Å². The molecule has 0 aliphatic heterocycles. The van der Waals surface area contributed by atoms with E-state index < -0.39 is 0 Å². The Morgan fingerprint density at radius 3 is 3.12 bits per heavy atom. The summed E-state index contributed by atoms with van der Waals surface area (Å²) in [5.74, 6) is 0.557. The summed E-state index contributed by atoms with van der Waals surface area (Å²) >= 11 is 1.84. The molecule has 2 heteroatoms. The SMILES string of the molecule is CCCc1csc(C2CCc3ccccc32)n1. The van der Waals surface area contributed by atoms with Crippen molar-refractivity contribution < 1.29 is 0 Å². The van der Waals surface area contributed by atoms with Gasteiger partial charge in [-0.05, 0) is 30.4 Å². The molecule has 88 valence electrons. The molecular formula is C15H17NS. The molecule has 1 atom stereocenters. The minimum Gasteiger partial charge on any atom is -0.246 e. The molecule has 0 radical (unpaired) electrons. The molecule has 1 unspecified atom stereocenters. The molecule has 17 heavy (non-hydrogen) atoms. The van der Waals surface area contributed by atoms with Crippen molar-refractivity contribution in [3.63, 3.8) is 0 Å². The summed E-state index contributed by atoms with van der Waals surface area (Å²) in [5.41, 5.74) is 4.30. The number of benzene rings is 1. The van der Waals surface area contributed by atoms with Gasteiger partial charge in [0, 0.05) is 11.3 Å². The third-order valence-electron chi connectivity index (χ3n) is 3.51. The summed E-state index contributed by atoms with van der Waals surface area (Å²) in [7, 11) is 0. The molecule has 0 spiro atoms. The summed E-state index contributed by atoms with van der Waals surface area (Å²) in [6.45, 7) is 2.21. The lowest BCUT2D eigenvalue weighted by atomic mass is 10.0. The third kappa shape index (κ3) is 2.02. The van der Waals surface area contributed by atoms with Gasteiger partial charge in [-0.25, -0.2) is 4.98 Å². The quantitative estimate of drug-likeness (QED) is 0.788. The fraction of sp³-hybridized carbons (Fsp3) is 0.400. The number of hydrogen-bond acceptors (Lipinski definition) is 2. The zero-order valence-electron chi connectivity index (χ0n) is 10.1. The van der Waals surface area contributed by atoms with E-state index in [1.54, 1.807) is 0 Å². The number of fused-ring (bicyclic) bond motifs is 1. The van der Waals surface area contributed by atoms with Crippen LogP contribution >= 0.6 is 11.3 Å². The predicted octanol–water partition coefficient (Wildman–Crippen LogP) is 4.17. The largest absolute Gasteiger partial charge is 0.246 e. The van der Waals surface area contributed by atoms with E-state index in [1.165, 1.54) is 41.1 Å². The van der Waals surface area contributed by atoms with Crippen molar-refractivity contribution in [1.82, 2.24) is 4.98 Å². The van der Waals surface area contributed by atoms with Crippen LogP contribution in [0.15, 0.2) is 29.6 Å². The van der Waals surface area contributed by atoms with Crippen molar-refractivity contribution >= 4 is 11.3 Å². The van der Waals surface area contributed by atoms with Gasteiger partial charge >= 0.3 is 0 Å². The van der Waals surface area contributed by atoms with E-state index in [0.717, 1.165) is 6.42 Å². The second-order valence-corrected chi connectivity index (χ2v) is 5.61. The van der Waals surface area contributed by atoms with Crippen LogP contribution in [0.1, 0.15) is 47.5 Å². The standard InChI is InChI=1S/C15H17NS/c1-2-5-12-10-17-15(16-12)14-9-8-11-6-3-4-7-13(11)14/h3-4,6-7,10,14H,2,5,8-9H2,1H3. The van der Waals surface area contributed by atoms with Crippen LogP contribution in [0.5, 0.6) is 0 Å². The first-order chi connectivity index (χ1) is 8.38. The van der Waals surface area contributed by atoms with Crippen LogP contribution in [0, 0.1) is 0 Å². The van der Waals surface area contributed by atoms with Crippen LogP contribution in [-0.4, -0.2) is 4.98 Å². The third-order valence-corrected chi connectivity index (χ3v) is 4.51. The second-order valence-electron chi connectivity index (χ2n) is 4.72. The second kappa shape index (κ2) is 4.61. The number of rotatable bonds is 3. The fourth-order valence-corrected chi connectivity index (χ4v) is 3.67. The average molecular weight is 243 g/mol. The highest BCUT2D eigenvalue weighted by atomic mass is 32.1. The molecule has 1 aromatic heterocycles. The molecule has 1 aromatic carbocycles. The Morgan fingerprint density at radius 1 is 1.35 bits per heavy atom. The van der Waals surface area contributed by atoms with E-state index in [2.05, 4.69) is 36.6 Å². The Hall–Kier alpha value is -1.15. The minimum absolute atomic E-state index is 0.557. The number of hydrogen-bond donors (Lipinski definition) is 0. The molecule has 2 aromatic rings. The minimum atomic E-state index is 0.557. The topological polar surface area (TPSA) is 12.9 Å². The van der Waals surface area contributed by atoms with E-state index in [4.69, 9.17) is 4.98 Å². The molecule has 0 bridgehead atoms. The molecule has 1 nitrogen and oxygen atoms in total. The zero-order valence-corrected chi connectivity index (χ0v) is 11.0. The molecule has 0 saturated heterocycles. The van der Waals surface area contributed by atoms with Gasteiger partial charge in [0.05, 0.1) is 5.69 Å². The lowest BCUT2D eigenvalue weighted by molar-refractivity contribution is 0.770. The van der Waals surface area contributed by atoms with Gasteiger partial charge in [-0.3, -0.25) is 0 Å². The molecule has 1 aliphatic rings. The van der Waals surface area contributed by atoms with E-state index in [9.17, 15) is 0 Å². The maximum Gasteiger partial charge on any atom is 0.100 e. The van der Waals surface area contributed by atoms with E-state index in [0.29, 0.717) is 5.92 Å². The Kier molecular flexibility index (Phi) is 2.98. The van der Waals surface area contributed by atoms with Gasteiger partial charge in [0.1, 0.15) is 5.01 Å². The summed E-state index contributed by atoms with van der Waals surface area (Å²) in [4.78, 5) is 4.80. The van der Waals surface area contributed by atoms with E-state index in [1.807, 2.05) is 11.3 Å². The van der Waals surface area contributed by atoms with Crippen molar-refractivity contribution in [3.8, 4) is 0 Å². The Labute approximate surface area is 107 Å². The number of nitrogens with zero attached hydrogens (tertiary/aromatic N) is 1. The first-order valence-electron chi connectivity index (χ1n) is 6.40. The Morgan fingerprint density at radius 2 is 2.24 bits per heavy atom. The van der Waals surface area contributed by atoms with Crippen LogP contribution < -0.4 is 0 Å². The van der Waals surface area contributed by atoms with Crippen molar-refractivity contribution in [2.24, 2.45) is 0 Å². The summed E-state index contributed by atoms with van der Waals surface area (Å²) < 4.78 is 0. The van der Waals surface area contributed by atoms with Gasteiger partial charge in [0.15, 0.2) is 0 Å². The Bertz CT molecular complexity index is 515. The average Bonchev–Trinajstić information content (AvgIpc) is 2.95. The maximum atomic E-state index is 4.80. The highest BCUT2D eigenvalue weighted by Crippen LogP contribution is 2.39. The highest BCUT2D eigenvalue weighted by molar-refractivity contribution is 7.09. The fourth-order valence-electron chi connectivity index (χ4n) is 2.67. The zero-order chi connectivity index (χ0) is 11.7. The summed E-state index contributed by atoms with van der Waals surface area (Å²) in [5, 5.41) is 3.55. The van der Waals surface area contributed by atoms with Crippen molar-refractivity contribution in [3.05, 3.63) is 51.5 Å².